The maximum atomic E-state index is 12.7. The second kappa shape index (κ2) is 10.5. The molecule has 1 atom stereocenters. The van der Waals surface area contributed by atoms with Crippen LogP contribution in [0.15, 0.2) is 78.9 Å². The molecule has 0 aliphatic rings. The standard InChI is InChI=1S/C23H24N2O2.ClH/c1-2-27-21-13-7-11-19(15-21)18-10-6-12-20(14-18)23(26)25-22(16-24)17-8-4-3-5-9-17;/h3-15,22H,2,16,24H2,1H3,(H,25,26);1H/t22-;/m0./s1. The van der Waals surface area contributed by atoms with Crippen LogP contribution in [0.25, 0.3) is 11.1 Å². The number of hydrogen-bond acceptors (Lipinski definition) is 3. The minimum Gasteiger partial charge on any atom is -0.494 e. The van der Waals surface area contributed by atoms with Gasteiger partial charge in [-0.3, -0.25) is 4.79 Å². The fraction of sp³-hybridized carbons (Fsp3) is 0.174. The molecule has 0 aliphatic heterocycles. The molecule has 146 valence electrons. The zero-order chi connectivity index (χ0) is 19.1. The van der Waals surface area contributed by atoms with Gasteiger partial charge in [-0.25, -0.2) is 0 Å². The number of nitrogens with one attached hydrogen (secondary N) is 1. The average molecular weight is 397 g/mol. The van der Waals surface area contributed by atoms with Crippen molar-refractivity contribution in [2.75, 3.05) is 13.2 Å². The molecular formula is C23H25ClN2O2. The molecule has 0 saturated carbocycles. The Morgan fingerprint density at radius 2 is 1.64 bits per heavy atom. The van der Waals surface area contributed by atoms with E-state index in [0.717, 1.165) is 22.4 Å². The summed E-state index contributed by atoms with van der Waals surface area (Å²) in [7, 11) is 0. The molecule has 3 aromatic rings. The number of carbonyl (C=O) groups is 1. The minimum atomic E-state index is -0.219. The third kappa shape index (κ3) is 5.35. The van der Waals surface area contributed by atoms with Crippen molar-refractivity contribution in [3.05, 3.63) is 90.0 Å². The van der Waals surface area contributed by atoms with Gasteiger partial charge >= 0.3 is 0 Å². The van der Waals surface area contributed by atoms with Gasteiger partial charge in [0.05, 0.1) is 12.6 Å². The van der Waals surface area contributed by atoms with Crippen molar-refractivity contribution in [1.82, 2.24) is 5.32 Å². The quantitative estimate of drug-likeness (QED) is 0.613. The van der Waals surface area contributed by atoms with Crippen molar-refractivity contribution in [1.29, 1.82) is 0 Å². The van der Waals surface area contributed by atoms with E-state index < -0.39 is 0 Å². The van der Waals surface area contributed by atoms with E-state index in [1.54, 1.807) is 0 Å². The van der Waals surface area contributed by atoms with Crippen LogP contribution in [-0.2, 0) is 0 Å². The molecule has 0 heterocycles. The van der Waals surface area contributed by atoms with Crippen molar-refractivity contribution in [2.24, 2.45) is 5.73 Å². The van der Waals surface area contributed by atoms with Gasteiger partial charge in [-0.15, -0.1) is 12.4 Å². The zero-order valence-corrected chi connectivity index (χ0v) is 16.6. The number of amides is 1. The second-order valence-corrected chi connectivity index (χ2v) is 6.21. The maximum Gasteiger partial charge on any atom is 0.251 e. The van der Waals surface area contributed by atoms with Crippen LogP contribution in [0.4, 0.5) is 0 Å². The summed E-state index contributed by atoms with van der Waals surface area (Å²) in [5.41, 5.74) is 9.44. The van der Waals surface area contributed by atoms with Crippen LogP contribution < -0.4 is 15.8 Å². The number of hydrogen-bond donors (Lipinski definition) is 2. The van der Waals surface area contributed by atoms with Crippen LogP contribution in [0, 0.1) is 0 Å². The van der Waals surface area contributed by atoms with E-state index in [2.05, 4.69) is 5.32 Å². The van der Waals surface area contributed by atoms with E-state index in [9.17, 15) is 4.79 Å². The second-order valence-electron chi connectivity index (χ2n) is 6.21. The van der Waals surface area contributed by atoms with E-state index in [4.69, 9.17) is 10.5 Å². The normalized spacial score (nSPS) is 11.2. The summed E-state index contributed by atoms with van der Waals surface area (Å²) in [5, 5.41) is 3.02. The highest BCUT2D eigenvalue weighted by molar-refractivity contribution is 5.95. The topological polar surface area (TPSA) is 64.3 Å². The molecule has 0 bridgehead atoms. The number of halogens is 1. The minimum absolute atomic E-state index is 0. The SMILES string of the molecule is CCOc1cccc(-c2cccc(C(=O)N[C@@H](CN)c3ccccc3)c2)c1.Cl. The van der Waals surface area contributed by atoms with Crippen molar-refractivity contribution >= 4 is 18.3 Å². The summed E-state index contributed by atoms with van der Waals surface area (Å²) in [6, 6.07) is 25.0. The van der Waals surface area contributed by atoms with Crippen molar-refractivity contribution in [3.8, 4) is 16.9 Å². The average Bonchev–Trinajstić information content (AvgIpc) is 2.73. The zero-order valence-electron chi connectivity index (χ0n) is 15.8. The molecule has 0 saturated heterocycles. The first-order chi connectivity index (χ1) is 13.2. The Morgan fingerprint density at radius 3 is 2.32 bits per heavy atom. The number of carbonyl (C=O) groups excluding carboxylic acids is 1. The number of benzene rings is 3. The van der Waals surface area contributed by atoms with Gasteiger partial charge in [0, 0.05) is 12.1 Å². The highest BCUT2D eigenvalue weighted by atomic mass is 35.5. The van der Waals surface area contributed by atoms with Crippen LogP contribution in [0.2, 0.25) is 0 Å². The highest BCUT2D eigenvalue weighted by Crippen LogP contribution is 2.25. The lowest BCUT2D eigenvalue weighted by Gasteiger charge is -2.17. The van der Waals surface area contributed by atoms with Gasteiger partial charge in [-0.05, 0) is 47.9 Å². The van der Waals surface area contributed by atoms with E-state index in [-0.39, 0.29) is 24.4 Å². The van der Waals surface area contributed by atoms with E-state index in [1.165, 1.54) is 0 Å². The van der Waals surface area contributed by atoms with Crippen LogP contribution >= 0.6 is 12.4 Å². The Bertz CT molecular complexity index is 900. The molecule has 1 amide bonds. The first kappa shape index (κ1) is 21.5. The lowest BCUT2D eigenvalue weighted by atomic mass is 10.0. The molecule has 0 unspecified atom stereocenters. The Labute approximate surface area is 172 Å². The maximum absolute atomic E-state index is 12.7. The summed E-state index contributed by atoms with van der Waals surface area (Å²) in [6.45, 7) is 2.91. The monoisotopic (exact) mass is 396 g/mol. The van der Waals surface area contributed by atoms with Crippen molar-refractivity contribution < 1.29 is 9.53 Å². The van der Waals surface area contributed by atoms with Crippen LogP contribution in [0.5, 0.6) is 5.75 Å². The lowest BCUT2D eigenvalue weighted by molar-refractivity contribution is 0.0938. The fourth-order valence-corrected chi connectivity index (χ4v) is 2.98. The Kier molecular flexibility index (Phi) is 8.05. The molecule has 4 nitrogen and oxygen atoms in total. The Balaban J connectivity index is 0.00000280. The lowest BCUT2D eigenvalue weighted by Crippen LogP contribution is -2.33. The molecule has 0 fully saturated rings. The van der Waals surface area contributed by atoms with Gasteiger partial charge in [0.1, 0.15) is 5.75 Å². The molecule has 0 aliphatic carbocycles. The first-order valence-corrected chi connectivity index (χ1v) is 9.10. The third-order valence-corrected chi connectivity index (χ3v) is 4.35. The number of ether oxygens (including phenoxy) is 1. The van der Waals surface area contributed by atoms with E-state index >= 15 is 0 Å². The van der Waals surface area contributed by atoms with Crippen molar-refractivity contribution in [3.63, 3.8) is 0 Å². The van der Waals surface area contributed by atoms with Crippen molar-refractivity contribution in [2.45, 2.75) is 13.0 Å². The molecule has 0 spiro atoms. The van der Waals surface area contributed by atoms with Crippen LogP contribution in [0.3, 0.4) is 0 Å². The highest BCUT2D eigenvalue weighted by Gasteiger charge is 2.14. The summed E-state index contributed by atoms with van der Waals surface area (Å²) >= 11 is 0. The predicted octanol–water partition coefficient (Wildman–Crippen LogP) is 4.60. The molecule has 3 rings (SSSR count). The summed E-state index contributed by atoms with van der Waals surface area (Å²) in [5.74, 6) is 0.675. The molecule has 28 heavy (non-hydrogen) atoms. The Morgan fingerprint density at radius 1 is 0.964 bits per heavy atom. The van der Waals surface area contributed by atoms with Gasteiger partial charge in [0.15, 0.2) is 0 Å². The van der Waals surface area contributed by atoms with Crippen LogP contribution in [0.1, 0.15) is 28.9 Å². The molecule has 0 aromatic heterocycles. The number of rotatable bonds is 7. The molecular weight excluding hydrogens is 372 g/mol. The fourth-order valence-electron chi connectivity index (χ4n) is 2.98. The third-order valence-electron chi connectivity index (χ3n) is 4.35. The first-order valence-electron chi connectivity index (χ1n) is 9.10. The van der Waals surface area contributed by atoms with Gasteiger partial charge in [-0.2, -0.15) is 0 Å². The predicted molar refractivity (Wildman–Crippen MR) is 116 cm³/mol. The molecule has 0 radical (unpaired) electrons. The summed E-state index contributed by atoms with van der Waals surface area (Å²) in [4.78, 5) is 12.7. The van der Waals surface area contributed by atoms with E-state index in [1.807, 2.05) is 85.8 Å². The van der Waals surface area contributed by atoms with Gasteiger partial charge in [0.25, 0.3) is 5.91 Å². The molecule has 5 heteroatoms. The largest absolute Gasteiger partial charge is 0.494 e. The Hall–Kier alpha value is -2.82. The number of nitrogens with two attached hydrogens (primary N) is 1. The molecule has 3 N–H and O–H groups in total. The van der Waals surface area contributed by atoms with Gasteiger partial charge < -0.3 is 15.8 Å². The van der Waals surface area contributed by atoms with Gasteiger partial charge in [-0.1, -0.05) is 54.6 Å². The summed E-state index contributed by atoms with van der Waals surface area (Å²) in [6.07, 6.45) is 0. The smallest absolute Gasteiger partial charge is 0.251 e. The van der Waals surface area contributed by atoms with Gasteiger partial charge in [0.2, 0.25) is 0 Å². The van der Waals surface area contributed by atoms with E-state index in [0.29, 0.717) is 18.7 Å². The van der Waals surface area contributed by atoms with Crippen LogP contribution in [-0.4, -0.2) is 19.1 Å². The summed E-state index contributed by atoms with van der Waals surface area (Å²) < 4.78 is 5.57. The molecule has 3 aromatic carbocycles.